The van der Waals surface area contributed by atoms with Gasteiger partial charge >= 0.3 is 16.1 Å². The van der Waals surface area contributed by atoms with Crippen LogP contribution in [0.2, 0.25) is 5.02 Å². The largest absolute Gasteiger partial charge is 0.402 e. The van der Waals surface area contributed by atoms with Crippen molar-refractivity contribution >= 4 is 51.3 Å². The number of benzene rings is 3. The number of carbonyl (C=O) groups excluding carboxylic acids is 2. The predicted octanol–water partition coefficient (Wildman–Crippen LogP) is 4.41. The van der Waals surface area contributed by atoms with E-state index in [1.807, 2.05) is 0 Å². The summed E-state index contributed by atoms with van der Waals surface area (Å²) in [7, 11) is -4.08. The summed E-state index contributed by atoms with van der Waals surface area (Å²) >= 11 is 5.87. The number of rotatable bonds is 6. The summed E-state index contributed by atoms with van der Waals surface area (Å²) in [5.74, 6) is -0.605. The minimum atomic E-state index is -4.08. The number of ether oxygens (including phenoxy) is 1. The van der Waals surface area contributed by atoms with Crippen molar-refractivity contribution in [1.29, 1.82) is 0 Å². The van der Waals surface area contributed by atoms with Crippen molar-refractivity contribution in [1.82, 2.24) is 0 Å². The first-order chi connectivity index (χ1) is 16.2. The van der Waals surface area contributed by atoms with Gasteiger partial charge in [0.1, 0.15) is 10.6 Å². The van der Waals surface area contributed by atoms with Gasteiger partial charge in [-0.1, -0.05) is 23.7 Å². The quantitative estimate of drug-likeness (QED) is 0.307. The maximum absolute atomic E-state index is 12.5. The van der Waals surface area contributed by atoms with Gasteiger partial charge in [-0.3, -0.25) is 4.79 Å². The number of nitrogens with one attached hydrogen (secondary N) is 1. The van der Waals surface area contributed by atoms with E-state index in [0.29, 0.717) is 21.8 Å². The highest BCUT2D eigenvalue weighted by molar-refractivity contribution is 7.87. The Hall–Kier alpha value is -3.95. The van der Waals surface area contributed by atoms with Gasteiger partial charge < -0.3 is 14.2 Å². The SMILES string of the molecule is CC(=O)Nc1ccc(S(=O)(=O)Oc2ccc(/C=C3/N=C(c4ccc(Cl)cc4)OC3=O)cc2)cc1. The summed E-state index contributed by atoms with van der Waals surface area (Å²) in [5.41, 5.74) is 1.78. The molecule has 0 spiro atoms. The van der Waals surface area contributed by atoms with Crippen molar-refractivity contribution in [2.75, 3.05) is 5.32 Å². The fraction of sp³-hybridized carbons (Fsp3) is 0.0417. The molecule has 0 saturated heterocycles. The molecule has 0 aliphatic carbocycles. The Balaban J connectivity index is 1.47. The molecule has 1 aliphatic rings. The lowest BCUT2D eigenvalue weighted by atomic mass is 10.2. The van der Waals surface area contributed by atoms with Crippen LogP contribution in [0.4, 0.5) is 5.69 Å². The fourth-order valence-electron chi connectivity index (χ4n) is 2.99. The first-order valence-corrected chi connectivity index (χ1v) is 11.7. The molecular formula is C24H17ClN2O6S. The second kappa shape index (κ2) is 9.50. The zero-order chi connectivity index (χ0) is 24.3. The molecule has 1 heterocycles. The van der Waals surface area contributed by atoms with Gasteiger partial charge in [-0.25, -0.2) is 9.79 Å². The number of esters is 1. The van der Waals surface area contributed by atoms with Crippen LogP contribution in [0.25, 0.3) is 6.08 Å². The van der Waals surface area contributed by atoms with Crippen LogP contribution in [0.3, 0.4) is 0 Å². The highest BCUT2D eigenvalue weighted by atomic mass is 35.5. The lowest BCUT2D eigenvalue weighted by molar-refractivity contribution is -0.129. The zero-order valence-corrected chi connectivity index (χ0v) is 19.3. The lowest BCUT2D eigenvalue weighted by Crippen LogP contribution is -2.10. The molecule has 10 heteroatoms. The van der Waals surface area contributed by atoms with Crippen LogP contribution in [0.1, 0.15) is 18.1 Å². The Labute approximate surface area is 200 Å². The molecule has 0 unspecified atom stereocenters. The summed E-state index contributed by atoms with van der Waals surface area (Å²) < 4.78 is 35.4. The average Bonchev–Trinajstić information content (AvgIpc) is 3.15. The van der Waals surface area contributed by atoms with Gasteiger partial charge in [-0.2, -0.15) is 8.42 Å². The van der Waals surface area contributed by atoms with Crippen LogP contribution in [0.5, 0.6) is 5.75 Å². The molecule has 4 rings (SSSR count). The second-order valence-electron chi connectivity index (χ2n) is 7.16. The maximum Gasteiger partial charge on any atom is 0.363 e. The number of halogens is 1. The Morgan fingerprint density at radius 2 is 1.65 bits per heavy atom. The molecule has 34 heavy (non-hydrogen) atoms. The van der Waals surface area contributed by atoms with E-state index in [2.05, 4.69) is 10.3 Å². The predicted molar refractivity (Wildman–Crippen MR) is 127 cm³/mol. The third kappa shape index (κ3) is 5.51. The topological polar surface area (TPSA) is 111 Å². The molecule has 1 N–H and O–H groups in total. The molecule has 0 radical (unpaired) electrons. The molecule has 0 aromatic heterocycles. The molecule has 1 aliphatic heterocycles. The minimum absolute atomic E-state index is 0.0643. The Kier molecular flexibility index (Phi) is 6.49. The number of anilines is 1. The Morgan fingerprint density at radius 3 is 2.26 bits per heavy atom. The number of amides is 1. The van der Waals surface area contributed by atoms with Crippen molar-refractivity contribution in [2.45, 2.75) is 11.8 Å². The minimum Gasteiger partial charge on any atom is -0.402 e. The molecule has 3 aromatic carbocycles. The molecule has 8 nitrogen and oxygen atoms in total. The van der Waals surface area contributed by atoms with E-state index in [0.717, 1.165) is 0 Å². The number of cyclic esters (lactones) is 1. The van der Waals surface area contributed by atoms with Gasteiger partial charge in [-0.15, -0.1) is 0 Å². The van der Waals surface area contributed by atoms with E-state index in [-0.39, 0.29) is 28.1 Å². The van der Waals surface area contributed by atoms with Gasteiger partial charge in [0.2, 0.25) is 11.8 Å². The monoisotopic (exact) mass is 496 g/mol. The summed E-state index contributed by atoms with van der Waals surface area (Å²) in [6, 6.07) is 18.4. The van der Waals surface area contributed by atoms with E-state index in [1.165, 1.54) is 49.4 Å². The van der Waals surface area contributed by atoms with E-state index < -0.39 is 16.1 Å². The van der Waals surface area contributed by atoms with Crippen LogP contribution in [-0.2, 0) is 24.4 Å². The lowest BCUT2D eigenvalue weighted by Gasteiger charge is -2.08. The van der Waals surface area contributed by atoms with Gasteiger partial charge in [0.25, 0.3) is 0 Å². The zero-order valence-electron chi connectivity index (χ0n) is 17.7. The van der Waals surface area contributed by atoms with Crippen molar-refractivity contribution in [2.24, 2.45) is 4.99 Å². The fourth-order valence-corrected chi connectivity index (χ4v) is 4.04. The number of nitrogens with zero attached hydrogens (tertiary/aromatic N) is 1. The van der Waals surface area contributed by atoms with Crippen molar-refractivity contribution < 1.29 is 26.9 Å². The first-order valence-electron chi connectivity index (χ1n) is 9.90. The van der Waals surface area contributed by atoms with Gasteiger partial charge in [0, 0.05) is 23.2 Å². The van der Waals surface area contributed by atoms with Crippen molar-refractivity contribution in [3.05, 3.63) is 94.6 Å². The number of hydrogen-bond donors (Lipinski definition) is 1. The number of carbonyl (C=O) groups is 2. The molecular weight excluding hydrogens is 480 g/mol. The standard InChI is InChI=1S/C24H17ClN2O6S/c1-15(28)26-19-8-12-21(13-9-19)34(30,31)33-20-10-2-16(3-11-20)14-22-24(29)32-23(27-22)17-4-6-18(25)7-5-17/h2-14H,1H3,(H,26,28)/b22-14+. The van der Waals surface area contributed by atoms with Crippen molar-refractivity contribution in [3.8, 4) is 5.75 Å². The van der Waals surface area contributed by atoms with Crippen LogP contribution >= 0.6 is 11.6 Å². The van der Waals surface area contributed by atoms with Crippen LogP contribution in [-0.4, -0.2) is 26.2 Å². The third-order valence-electron chi connectivity index (χ3n) is 4.56. The average molecular weight is 497 g/mol. The maximum atomic E-state index is 12.5. The molecule has 1 amide bonds. The molecule has 0 atom stereocenters. The smallest absolute Gasteiger partial charge is 0.363 e. The van der Waals surface area contributed by atoms with Gasteiger partial charge in [0.15, 0.2) is 5.70 Å². The second-order valence-corrected chi connectivity index (χ2v) is 9.14. The van der Waals surface area contributed by atoms with E-state index >= 15 is 0 Å². The molecule has 0 saturated carbocycles. The van der Waals surface area contributed by atoms with E-state index in [4.69, 9.17) is 20.5 Å². The van der Waals surface area contributed by atoms with Crippen LogP contribution in [0.15, 0.2) is 88.4 Å². The first kappa shape index (κ1) is 23.2. The highest BCUT2D eigenvalue weighted by Crippen LogP contribution is 2.24. The summed E-state index contributed by atoms with van der Waals surface area (Å²) in [6.45, 7) is 1.36. The number of aliphatic imine (C=N–C) groups is 1. The highest BCUT2D eigenvalue weighted by Gasteiger charge is 2.24. The number of hydrogen-bond acceptors (Lipinski definition) is 7. The van der Waals surface area contributed by atoms with Crippen LogP contribution < -0.4 is 9.50 Å². The summed E-state index contributed by atoms with van der Waals surface area (Å²) in [6.07, 6.45) is 1.52. The van der Waals surface area contributed by atoms with Crippen LogP contribution in [0, 0.1) is 0 Å². The molecule has 0 bridgehead atoms. The van der Waals surface area contributed by atoms with E-state index in [1.54, 1.807) is 36.4 Å². The third-order valence-corrected chi connectivity index (χ3v) is 6.08. The molecule has 172 valence electrons. The summed E-state index contributed by atoms with van der Waals surface area (Å²) in [5, 5.41) is 3.11. The molecule has 0 fully saturated rings. The van der Waals surface area contributed by atoms with Crippen molar-refractivity contribution in [3.63, 3.8) is 0 Å². The summed E-state index contributed by atoms with van der Waals surface area (Å²) in [4.78, 5) is 27.4. The Morgan fingerprint density at radius 1 is 1.00 bits per heavy atom. The van der Waals surface area contributed by atoms with E-state index in [9.17, 15) is 18.0 Å². The Bertz CT molecular complexity index is 1410. The normalized spacial score (nSPS) is 14.5. The molecule has 3 aromatic rings. The van der Waals surface area contributed by atoms with Gasteiger partial charge in [0.05, 0.1) is 0 Å². The van der Waals surface area contributed by atoms with Gasteiger partial charge in [-0.05, 0) is 72.3 Å².